The first-order valence-electron chi connectivity index (χ1n) is 29.9. The lowest BCUT2D eigenvalue weighted by Crippen LogP contribution is -2.45. The van der Waals surface area contributed by atoms with Gasteiger partial charge in [0.05, 0.1) is 18.8 Å². The molecule has 4 nitrogen and oxygen atoms in total. The molecule has 0 bridgehead atoms. The molecule has 0 aliphatic rings. The number of carbonyl (C=O) groups excluding carboxylic acids is 1. The quantitative estimate of drug-likeness (QED) is 0.0421. The number of amides is 1. The van der Waals surface area contributed by atoms with E-state index in [-0.39, 0.29) is 12.5 Å². The molecule has 0 heterocycles. The maximum atomic E-state index is 12.5. The zero-order chi connectivity index (χ0) is 46.3. The number of hydrogen-bond acceptors (Lipinski definition) is 3. The van der Waals surface area contributed by atoms with Crippen molar-refractivity contribution in [1.82, 2.24) is 5.32 Å². The third-order valence-electron chi connectivity index (χ3n) is 14.3. The number of carbonyl (C=O) groups is 1. The lowest BCUT2D eigenvalue weighted by atomic mass is 10.0. The van der Waals surface area contributed by atoms with Crippen molar-refractivity contribution in [2.75, 3.05) is 6.61 Å². The molecule has 3 N–H and O–H groups in total. The number of allylic oxidation sites excluding steroid dienone is 1. The molecular formula is C60H119NO3. The van der Waals surface area contributed by atoms with Crippen molar-refractivity contribution < 1.29 is 15.0 Å². The van der Waals surface area contributed by atoms with E-state index in [4.69, 9.17) is 0 Å². The summed E-state index contributed by atoms with van der Waals surface area (Å²) in [6.07, 6.45) is 74.0. The average molecular weight is 903 g/mol. The van der Waals surface area contributed by atoms with E-state index in [9.17, 15) is 15.0 Å². The first-order valence-corrected chi connectivity index (χ1v) is 29.9. The van der Waals surface area contributed by atoms with E-state index in [0.29, 0.717) is 6.42 Å². The van der Waals surface area contributed by atoms with Crippen LogP contribution in [0, 0.1) is 0 Å². The number of nitrogens with one attached hydrogen (secondary N) is 1. The number of hydrogen-bond donors (Lipinski definition) is 3. The summed E-state index contributed by atoms with van der Waals surface area (Å²) in [6, 6.07) is -0.618. The van der Waals surface area contributed by atoms with Gasteiger partial charge in [-0.05, 0) is 19.3 Å². The van der Waals surface area contributed by atoms with Crippen molar-refractivity contribution in [1.29, 1.82) is 0 Å². The van der Waals surface area contributed by atoms with Crippen LogP contribution in [-0.2, 0) is 4.79 Å². The summed E-state index contributed by atoms with van der Waals surface area (Å²) < 4.78 is 0. The van der Waals surface area contributed by atoms with Crippen LogP contribution in [0.3, 0.4) is 0 Å². The summed E-state index contributed by atoms with van der Waals surface area (Å²) in [6.45, 7) is 4.36. The lowest BCUT2D eigenvalue weighted by molar-refractivity contribution is -0.123. The molecule has 64 heavy (non-hydrogen) atoms. The van der Waals surface area contributed by atoms with E-state index in [0.717, 1.165) is 25.7 Å². The van der Waals surface area contributed by atoms with Crippen LogP contribution in [0.4, 0.5) is 0 Å². The highest BCUT2D eigenvalue weighted by molar-refractivity contribution is 5.76. The van der Waals surface area contributed by atoms with Gasteiger partial charge in [-0.25, -0.2) is 0 Å². The number of aliphatic hydroxyl groups is 2. The largest absolute Gasteiger partial charge is 0.394 e. The molecule has 0 spiro atoms. The predicted octanol–water partition coefficient (Wildman–Crippen LogP) is 19.7. The molecule has 2 atom stereocenters. The van der Waals surface area contributed by atoms with Crippen LogP contribution >= 0.6 is 0 Å². The molecule has 0 radical (unpaired) electrons. The summed E-state index contributed by atoms with van der Waals surface area (Å²) in [5, 5.41) is 23.2. The summed E-state index contributed by atoms with van der Waals surface area (Å²) in [4.78, 5) is 12.5. The fourth-order valence-corrected chi connectivity index (χ4v) is 9.71. The highest BCUT2D eigenvalue weighted by atomic mass is 16.3. The van der Waals surface area contributed by atoms with Crippen LogP contribution in [0.15, 0.2) is 12.2 Å². The van der Waals surface area contributed by atoms with Gasteiger partial charge in [-0.1, -0.05) is 334 Å². The van der Waals surface area contributed by atoms with Crippen LogP contribution in [0.1, 0.15) is 348 Å². The van der Waals surface area contributed by atoms with E-state index >= 15 is 0 Å². The molecule has 1 amide bonds. The van der Waals surface area contributed by atoms with Gasteiger partial charge >= 0.3 is 0 Å². The van der Waals surface area contributed by atoms with Crippen LogP contribution in [0.5, 0.6) is 0 Å². The zero-order valence-electron chi connectivity index (χ0n) is 44.1. The van der Waals surface area contributed by atoms with Gasteiger partial charge in [0.2, 0.25) is 5.91 Å². The van der Waals surface area contributed by atoms with Crippen molar-refractivity contribution in [3.8, 4) is 0 Å². The maximum absolute atomic E-state index is 12.5. The molecule has 0 rings (SSSR count). The Labute approximate surface area is 403 Å². The highest BCUT2D eigenvalue weighted by Crippen LogP contribution is 2.18. The molecule has 0 aromatic carbocycles. The Kier molecular flexibility index (Phi) is 55.7. The van der Waals surface area contributed by atoms with Gasteiger partial charge in [-0.15, -0.1) is 0 Å². The zero-order valence-corrected chi connectivity index (χ0v) is 44.1. The number of rotatable bonds is 56. The van der Waals surface area contributed by atoms with E-state index in [2.05, 4.69) is 19.2 Å². The fourth-order valence-electron chi connectivity index (χ4n) is 9.71. The molecule has 0 fully saturated rings. The second-order valence-corrected chi connectivity index (χ2v) is 20.8. The SMILES string of the molecule is CCCCCCCCCCCCCCCCCCCCCC/C=C/C(O)C(CO)NC(=O)CCCCCCCCCCCCCCCCCCCCCCCCCCCCCCCC. The molecule has 0 aliphatic carbocycles. The van der Waals surface area contributed by atoms with Gasteiger partial charge in [0.15, 0.2) is 0 Å². The first-order chi connectivity index (χ1) is 31.7. The Hall–Kier alpha value is -0.870. The van der Waals surface area contributed by atoms with Gasteiger partial charge in [0.1, 0.15) is 0 Å². The molecule has 0 saturated carbocycles. The van der Waals surface area contributed by atoms with Crippen molar-refractivity contribution in [3.05, 3.63) is 12.2 Å². The van der Waals surface area contributed by atoms with Gasteiger partial charge in [-0.3, -0.25) is 4.79 Å². The molecule has 0 aliphatic heterocycles. The maximum Gasteiger partial charge on any atom is 0.220 e. The number of unbranched alkanes of at least 4 members (excludes halogenated alkanes) is 49. The van der Waals surface area contributed by atoms with Gasteiger partial charge < -0.3 is 15.5 Å². The van der Waals surface area contributed by atoms with E-state index < -0.39 is 12.1 Å². The van der Waals surface area contributed by atoms with Crippen molar-refractivity contribution >= 4 is 5.91 Å². The molecule has 2 unspecified atom stereocenters. The minimum Gasteiger partial charge on any atom is -0.394 e. The van der Waals surface area contributed by atoms with E-state index in [1.165, 1.54) is 302 Å². The van der Waals surface area contributed by atoms with E-state index in [1.807, 2.05) is 6.08 Å². The molecule has 0 aromatic rings. The first kappa shape index (κ1) is 63.1. The Morgan fingerprint density at radius 2 is 0.578 bits per heavy atom. The fraction of sp³-hybridized carbons (Fsp3) is 0.950. The smallest absolute Gasteiger partial charge is 0.220 e. The van der Waals surface area contributed by atoms with Crippen LogP contribution in [0.25, 0.3) is 0 Å². The second kappa shape index (κ2) is 56.5. The summed E-state index contributed by atoms with van der Waals surface area (Å²) in [7, 11) is 0. The second-order valence-electron chi connectivity index (χ2n) is 20.8. The molecule has 0 aromatic heterocycles. The van der Waals surface area contributed by atoms with Crippen LogP contribution in [0.2, 0.25) is 0 Å². The van der Waals surface area contributed by atoms with Gasteiger partial charge in [-0.2, -0.15) is 0 Å². The molecular weight excluding hydrogens is 783 g/mol. The topological polar surface area (TPSA) is 69.6 Å². The Bertz CT molecular complexity index is 890. The highest BCUT2D eigenvalue weighted by Gasteiger charge is 2.18. The summed E-state index contributed by atoms with van der Waals surface area (Å²) >= 11 is 0. The Balaban J connectivity index is 3.42. The summed E-state index contributed by atoms with van der Waals surface area (Å²) in [5.41, 5.74) is 0. The van der Waals surface area contributed by atoms with Crippen LogP contribution < -0.4 is 5.32 Å². The van der Waals surface area contributed by atoms with E-state index in [1.54, 1.807) is 6.08 Å². The third-order valence-corrected chi connectivity index (χ3v) is 14.3. The van der Waals surface area contributed by atoms with Crippen molar-refractivity contribution in [3.63, 3.8) is 0 Å². The van der Waals surface area contributed by atoms with Crippen molar-refractivity contribution in [2.24, 2.45) is 0 Å². The molecule has 4 heteroatoms. The standard InChI is InChI=1S/C60H119NO3/c1-3-5-7-9-11-13-15-17-19-21-23-25-27-28-29-30-31-32-33-34-36-38-40-42-44-46-48-50-52-54-56-60(64)61-58(57-62)59(63)55-53-51-49-47-45-43-41-39-37-35-26-24-22-20-18-16-14-12-10-8-6-4-2/h53,55,58-59,62-63H,3-52,54,56-57H2,1-2H3,(H,61,64)/b55-53+. The van der Waals surface area contributed by atoms with Crippen LogP contribution in [-0.4, -0.2) is 34.9 Å². The van der Waals surface area contributed by atoms with Gasteiger partial charge in [0.25, 0.3) is 0 Å². The third kappa shape index (κ3) is 52.1. The monoisotopic (exact) mass is 902 g/mol. The van der Waals surface area contributed by atoms with Crippen molar-refractivity contribution in [2.45, 2.75) is 360 Å². The minimum absolute atomic E-state index is 0.0548. The lowest BCUT2D eigenvalue weighted by Gasteiger charge is -2.20. The minimum atomic E-state index is -0.836. The molecule has 382 valence electrons. The average Bonchev–Trinajstić information content (AvgIpc) is 3.30. The Morgan fingerprint density at radius 3 is 0.812 bits per heavy atom. The summed E-state index contributed by atoms with van der Waals surface area (Å²) in [5.74, 6) is -0.0548. The van der Waals surface area contributed by atoms with Gasteiger partial charge in [0, 0.05) is 6.42 Å². The normalized spacial score (nSPS) is 12.8. The Morgan fingerprint density at radius 1 is 0.359 bits per heavy atom. The molecule has 0 saturated heterocycles. The predicted molar refractivity (Wildman–Crippen MR) is 286 cm³/mol. The number of aliphatic hydroxyl groups excluding tert-OH is 2.